The van der Waals surface area contributed by atoms with E-state index in [1.165, 1.54) is 25.7 Å². The number of carbonyl (C=O) groups excluding carboxylic acids is 2. The Kier molecular flexibility index (Phi) is 10.2. The number of aromatic nitrogens is 2. The number of rotatable bonds is 12. The average molecular weight is 588 g/mol. The number of hydrogen-bond donors (Lipinski definition) is 3. The molecule has 1 unspecified atom stereocenters. The number of carbonyl (C=O) groups is 2. The quantitative estimate of drug-likeness (QED) is 0.148. The van der Waals surface area contributed by atoms with Gasteiger partial charge in [0.25, 0.3) is 0 Å². The molecule has 10 nitrogen and oxygen atoms in total. The third-order valence-corrected chi connectivity index (χ3v) is 8.82. The third kappa shape index (κ3) is 7.64. The first-order valence-corrected chi connectivity index (χ1v) is 15.0. The van der Waals surface area contributed by atoms with Crippen LogP contribution in [0.1, 0.15) is 62.5 Å². The topological polar surface area (TPSA) is 112 Å². The summed E-state index contributed by atoms with van der Waals surface area (Å²) >= 11 is 6.23. The number of hydroxylamine groups is 1. The van der Waals surface area contributed by atoms with E-state index in [0.717, 1.165) is 49.9 Å². The number of fused-ring (bicyclic) bond motifs is 1. The molecule has 3 N–H and O–H groups in total. The first-order chi connectivity index (χ1) is 20.0. The van der Waals surface area contributed by atoms with E-state index in [9.17, 15) is 9.59 Å². The van der Waals surface area contributed by atoms with Crippen molar-refractivity contribution in [3.8, 4) is 0 Å². The number of halogens is 2. The maximum atomic E-state index is 15.7. The molecule has 0 bridgehead atoms. The van der Waals surface area contributed by atoms with Crippen LogP contribution in [0, 0.1) is 17.7 Å². The van der Waals surface area contributed by atoms with Gasteiger partial charge in [0.1, 0.15) is 6.61 Å². The summed E-state index contributed by atoms with van der Waals surface area (Å²) in [5.41, 5.74) is 9.49. The second-order valence-corrected chi connectivity index (χ2v) is 11.6. The molecule has 1 saturated carbocycles. The van der Waals surface area contributed by atoms with Gasteiger partial charge in [0.05, 0.1) is 0 Å². The lowest BCUT2D eigenvalue weighted by atomic mass is 9.87. The lowest BCUT2D eigenvalue weighted by Crippen LogP contribution is -2.55. The van der Waals surface area contributed by atoms with E-state index in [2.05, 4.69) is 31.2 Å². The van der Waals surface area contributed by atoms with Gasteiger partial charge in [0.2, 0.25) is 23.4 Å². The van der Waals surface area contributed by atoms with E-state index >= 15 is 4.39 Å². The van der Waals surface area contributed by atoms with Crippen molar-refractivity contribution in [2.75, 3.05) is 36.5 Å². The van der Waals surface area contributed by atoms with Gasteiger partial charge < -0.3 is 4.90 Å². The summed E-state index contributed by atoms with van der Waals surface area (Å²) in [7, 11) is 0. The summed E-state index contributed by atoms with van der Waals surface area (Å²) in [5, 5.41) is -0.0791. The van der Waals surface area contributed by atoms with Gasteiger partial charge in [0, 0.05) is 31.6 Å². The fourth-order valence-corrected chi connectivity index (χ4v) is 6.68. The summed E-state index contributed by atoms with van der Waals surface area (Å²) in [6, 6.07) is 8.06. The van der Waals surface area contributed by atoms with Gasteiger partial charge in [0.15, 0.2) is 11.6 Å². The van der Waals surface area contributed by atoms with Crippen LogP contribution >= 0.6 is 11.6 Å². The summed E-state index contributed by atoms with van der Waals surface area (Å²) in [4.78, 5) is 42.0. The molecule has 1 aromatic carbocycles. The Morgan fingerprint density at radius 2 is 1.88 bits per heavy atom. The smallest absolute Gasteiger partial charge is 0.241 e. The molecule has 1 aliphatic carbocycles. The first-order valence-electron chi connectivity index (χ1n) is 14.7. The highest BCUT2D eigenvalue weighted by molar-refractivity contribution is 6.28. The molecular formula is C29H39ClFN7O3. The van der Waals surface area contributed by atoms with Gasteiger partial charge in [-0.3, -0.25) is 30.2 Å². The van der Waals surface area contributed by atoms with Crippen molar-refractivity contribution in [1.29, 1.82) is 0 Å². The summed E-state index contributed by atoms with van der Waals surface area (Å²) in [6.45, 7) is 3.46. The van der Waals surface area contributed by atoms with Gasteiger partial charge in [-0.05, 0) is 60.9 Å². The Balaban J connectivity index is 1.28. The van der Waals surface area contributed by atoms with Gasteiger partial charge in [-0.15, -0.1) is 0 Å². The van der Waals surface area contributed by atoms with Crippen LogP contribution in [-0.4, -0.2) is 59.4 Å². The summed E-state index contributed by atoms with van der Waals surface area (Å²) in [5.74, 6) is -0.757. The van der Waals surface area contributed by atoms with Crippen molar-refractivity contribution in [2.45, 2.75) is 70.4 Å². The number of benzene rings is 1. The zero-order chi connectivity index (χ0) is 28.6. The normalized spacial score (nSPS) is 20.3. The zero-order valence-corrected chi connectivity index (χ0v) is 24.0. The van der Waals surface area contributed by atoms with Crippen LogP contribution in [0.5, 0.6) is 0 Å². The number of piperazine rings is 1. The van der Waals surface area contributed by atoms with Crippen molar-refractivity contribution in [3.63, 3.8) is 0 Å². The standard InChI is InChI=1S/C29H39ClFN7O3/c30-29-33-26(25(31)27(34-29)38-14-13-37-12-6-5-11-24(37)17-38)35-36-28(40)23(15-20-7-1-2-8-20)16-21-9-3-4-10-22(21)18-41-32-19-39/h3-4,9-10,19-20,23-24H,1-2,5-8,11-18H2,(H,32,39)(H,36,40)(H,33,34,35)/t23-,24?/m1/s1. The minimum absolute atomic E-state index is 0.0791. The van der Waals surface area contributed by atoms with Crippen molar-refractivity contribution < 1.29 is 18.8 Å². The zero-order valence-electron chi connectivity index (χ0n) is 23.3. The third-order valence-electron chi connectivity index (χ3n) is 8.65. The maximum absolute atomic E-state index is 15.7. The van der Waals surface area contributed by atoms with E-state index in [4.69, 9.17) is 16.4 Å². The van der Waals surface area contributed by atoms with Crippen LogP contribution in [0.15, 0.2) is 24.3 Å². The second-order valence-electron chi connectivity index (χ2n) is 11.3. The number of anilines is 2. The lowest BCUT2D eigenvalue weighted by molar-refractivity contribution is -0.125. The molecule has 2 atom stereocenters. The van der Waals surface area contributed by atoms with Crippen LogP contribution in [-0.2, 0) is 27.5 Å². The van der Waals surface area contributed by atoms with Crippen molar-refractivity contribution >= 4 is 35.6 Å². The molecule has 3 fully saturated rings. The van der Waals surface area contributed by atoms with Crippen molar-refractivity contribution in [1.82, 2.24) is 25.8 Å². The average Bonchev–Trinajstić information content (AvgIpc) is 3.51. The van der Waals surface area contributed by atoms with E-state index in [1.807, 2.05) is 29.2 Å². The van der Waals surface area contributed by atoms with Gasteiger partial charge in [-0.1, -0.05) is 56.4 Å². The van der Waals surface area contributed by atoms with Crippen molar-refractivity contribution in [3.05, 3.63) is 46.5 Å². The number of amides is 2. The molecule has 2 saturated heterocycles. The molecule has 2 aliphatic heterocycles. The molecule has 2 amide bonds. The van der Waals surface area contributed by atoms with Crippen LogP contribution in [0.25, 0.3) is 0 Å². The number of nitrogens with zero attached hydrogens (tertiary/aromatic N) is 4. The molecular weight excluding hydrogens is 549 g/mol. The Morgan fingerprint density at radius 3 is 2.68 bits per heavy atom. The molecule has 12 heteroatoms. The van der Waals surface area contributed by atoms with Crippen LogP contribution < -0.4 is 21.2 Å². The predicted molar refractivity (Wildman–Crippen MR) is 154 cm³/mol. The largest absolute Gasteiger partial charge is 0.351 e. The molecule has 1 aromatic heterocycles. The highest BCUT2D eigenvalue weighted by Crippen LogP contribution is 2.33. The Morgan fingerprint density at radius 1 is 1.10 bits per heavy atom. The maximum Gasteiger partial charge on any atom is 0.241 e. The van der Waals surface area contributed by atoms with Crippen LogP contribution in [0.3, 0.4) is 0 Å². The predicted octanol–water partition coefficient (Wildman–Crippen LogP) is 4.00. The van der Waals surface area contributed by atoms with Crippen LogP contribution in [0.2, 0.25) is 5.28 Å². The monoisotopic (exact) mass is 587 g/mol. The number of hydrazine groups is 1. The fraction of sp³-hybridized carbons (Fsp3) is 0.586. The molecule has 2 aromatic rings. The summed E-state index contributed by atoms with van der Waals surface area (Å²) < 4.78 is 15.7. The van der Waals surface area contributed by atoms with E-state index in [0.29, 0.717) is 37.9 Å². The molecule has 5 rings (SSSR count). The van der Waals surface area contributed by atoms with E-state index < -0.39 is 5.82 Å². The highest BCUT2D eigenvalue weighted by Gasteiger charge is 2.32. The van der Waals surface area contributed by atoms with Gasteiger partial charge >= 0.3 is 0 Å². The molecule has 0 spiro atoms. The van der Waals surface area contributed by atoms with E-state index in [1.54, 1.807) is 0 Å². The minimum Gasteiger partial charge on any atom is -0.351 e. The minimum atomic E-state index is -0.628. The summed E-state index contributed by atoms with van der Waals surface area (Å²) in [6.07, 6.45) is 9.68. The number of nitrogens with one attached hydrogen (secondary N) is 3. The number of piperidine rings is 1. The first kappa shape index (κ1) is 29.5. The Hall–Kier alpha value is -3.02. The van der Waals surface area contributed by atoms with Crippen LogP contribution in [0.4, 0.5) is 16.0 Å². The lowest BCUT2D eigenvalue weighted by Gasteiger charge is -2.44. The second kappa shape index (κ2) is 14.2. The van der Waals surface area contributed by atoms with Gasteiger partial charge in [-0.25, -0.2) is 5.48 Å². The molecule has 3 heterocycles. The molecule has 41 heavy (non-hydrogen) atoms. The SMILES string of the molecule is O=CNOCc1ccccc1C[C@@H](CC1CCCC1)C(=O)NNc1nc(Cl)nc(N2CCN3CCCCC3C2)c1F. The van der Waals surface area contributed by atoms with Gasteiger partial charge in [-0.2, -0.15) is 14.4 Å². The molecule has 222 valence electrons. The molecule has 0 radical (unpaired) electrons. The van der Waals surface area contributed by atoms with Crippen molar-refractivity contribution in [2.24, 2.45) is 11.8 Å². The fourth-order valence-electron chi connectivity index (χ4n) is 6.52. The van der Waals surface area contributed by atoms with E-state index in [-0.39, 0.29) is 35.4 Å². The number of hydrogen-bond acceptors (Lipinski definition) is 8. The Labute approximate surface area is 245 Å². The molecule has 3 aliphatic rings. The Bertz CT molecular complexity index is 1200. The highest BCUT2D eigenvalue weighted by atomic mass is 35.5.